The third kappa shape index (κ3) is 3.86. The lowest BCUT2D eigenvalue weighted by Gasteiger charge is -2.16. The number of rotatable bonds is 5. The highest BCUT2D eigenvalue weighted by Gasteiger charge is 2.19. The Hall–Kier alpha value is -3.27. The summed E-state index contributed by atoms with van der Waals surface area (Å²) < 4.78 is 13.1. The van der Waals surface area contributed by atoms with Gasteiger partial charge in [-0.2, -0.15) is 0 Å². The molecule has 0 radical (unpaired) electrons. The van der Waals surface area contributed by atoms with Crippen molar-refractivity contribution in [2.75, 3.05) is 0 Å². The van der Waals surface area contributed by atoms with Crippen LogP contribution in [0, 0.1) is 5.82 Å². The van der Waals surface area contributed by atoms with E-state index in [0.717, 1.165) is 5.56 Å². The summed E-state index contributed by atoms with van der Waals surface area (Å²) in [6, 6.07) is 21.2. The van der Waals surface area contributed by atoms with Crippen LogP contribution in [-0.4, -0.2) is 11.7 Å². The lowest BCUT2D eigenvalue weighted by Crippen LogP contribution is -2.28. The Morgan fingerprint density at radius 3 is 2.04 bits per heavy atom. The number of amides is 1. The zero-order chi connectivity index (χ0) is 18.5. The van der Waals surface area contributed by atoms with Crippen LogP contribution in [0.4, 0.5) is 4.39 Å². The molecule has 26 heavy (non-hydrogen) atoms. The lowest BCUT2D eigenvalue weighted by molar-refractivity contribution is 0.0929. The summed E-state index contributed by atoms with van der Waals surface area (Å²) in [7, 11) is 0. The average Bonchev–Trinajstić information content (AvgIpc) is 2.68. The lowest BCUT2D eigenvalue weighted by atomic mass is 9.97. The third-order valence-electron chi connectivity index (χ3n) is 4.17. The molecule has 0 aromatic heterocycles. The normalized spacial score (nSPS) is 11.6. The molecule has 0 saturated heterocycles. The number of nitrogens with one attached hydrogen (secondary N) is 1. The van der Waals surface area contributed by atoms with Crippen molar-refractivity contribution in [1.29, 1.82) is 0 Å². The molecule has 0 saturated carbocycles. The van der Waals surface area contributed by atoms with Crippen molar-refractivity contribution in [1.82, 2.24) is 5.32 Å². The van der Waals surface area contributed by atoms with E-state index in [0.29, 0.717) is 16.7 Å². The van der Waals surface area contributed by atoms with Gasteiger partial charge in [0, 0.05) is 11.1 Å². The smallest absolute Gasteiger partial charge is 0.252 e. The zero-order valence-electron chi connectivity index (χ0n) is 14.3. The van der Waals surface area contributed by atoms with Crippen molar-refractivity contribution in [2.24, 2.45) is 0 Å². The van der Waals surface area contributed by atoms with Crippen LogP contribution in [0.5, 0.6) is 0 Å². The predicted octanol–water partition coefficient (Wildman–Crippen LogP) is 4.55. The van der Waals surface area contributed by atoms with Gasteiger partial charge in [-0.1, -0.05) is 60.7 Å². The molecule has 3 aromatic carbocycles. The number of carbonyl (C=O) groups excluding carboxylic acids is 2. The molecule has 0 heterocycles. The van der Waals surface area contributed by atoms with E-state index in [1.165, 1.54) is 12.1 Å². The van der Waals surface area contributed by atoms with Gasteiger partial charge in [0.25, 0.3) is 5.91 Å². The third-order valence-corrected chi connectivity index (χ3v) is 4.17. The Labute approximate surface area is 151 Å². The van der Waals surface area contributed by atoms with E-state index in [2.05, 4.69) is 5.32 Å². The standard InChI is InChI=1S/C22H18FNO2/c1-15(16-11-13-18(23)14-12-16)24-22(26)20-10-6-5-9-19(20)21(25)17-7-3-2-4-8-17/h2-15H,1H3,(H,24,26). The molecule has 0 fully saturated rings. The minimum absolute atomic E-state index is 0.203. The zero-order valence-corrected chi connectivity index (χ0v) is 14.3. The van der Waals surface area contributed by atoms with Crippen LogP contribution in [0.25, 0.3) is 0 Å². The van der Waals surface area contributed by atoms with Crippen molar-refractivity contribution in [2.45, 2.75) is 13.0 Å². The van der Waals surface area contributed by atoms with Gasteiger partial charge in [0.15, 0.2) is 5.78 Å². The summed E-state index contributed by atoms with van der Waals surface area (Å²) in [5.74, 6) is -0.876. The van der Waals surface area contributed by atoms with Crippen LogP contribution in [0.2, 0.25) is 0 Å². The SMILES string of the molecule is CC(NC(=O)c1ccccc1C(=O)c1ccccc1)c1ccc(F)cc1. The molecule has 1 amide bonds. The second kappa shape index (κ2) is 7.74. The molecule has 0 aliphatic carbocycles. The fourth-order valence-electron chi connectivity index (χ4n) is 2.73. The predicted molar refractivity (Wildman–Crippen MR) is 98.6 cm³/mol. The van der Waals surface area contributed by atoms with Crippen LogP contribution >= 0.6 is 0 Å². The number of halogens is 1. The molecular formula is C22H18FNO2. The number of ketones is 1. The molecule has 4 heteroatoms. The molecule has 1 unspecified atom stereocenters. The molecule has 0 aliphatic heterocycles. The highest BCUT2D eigenvalue weighted by Crippen LogP contribution is 2.18. The maximum Gasteiger partial charge on any atom is 0.252 e. The monoisotopic (exact) mass is 347 g/mol. The van der Waals surface area contributed by atoms with E-state index in [1.54, 1.807) is 60.7 Å². The van der Waals surface area contributed by atoms with E-state index < -0.39 is 0 Å². The average molecular weight is 347 g/mol. The van der Waals surface area contributed by atoms with E-state index in [9.17, 15) is 14.0 Å². The topological polar surface area (TPSA) is 46.2 Å². The van der Waals surface area contributed by atoms with Gasteiger partial charge in [-0.25, -0.2) is 4.39 Å². The Morgan fingerprint density at radius 1 is 0.808 bits per heavy atom. The van der Waals surface area contributed by atoms with Crippen LogP contribution in [-0.2, 0) is 0 Å². The van der Waals surface area contributed by atoms with E-state index in [4.69, 9.17) is 0 Å². The summed E-state index contributed by atoms with van der Waals surface area (Å²) in [6.07, 6.45) is 0. The molecule has 3 aromatic rings. The molecule has 130 valence electrons. The fourth-order valence-corrected chi connectivity index (χ4v) is 2.73. The van der Waals surface area contributed by atoms with E-state index in [1.807, 2.05) is 13.0 Å². The molecule has 1 N–H and O–H groups in total. The van der Waals surface area contributed by atoms with Crippen molar-refractivity contribution >= 4 is 11.7 Å². The van der Waals surface area contributed by atoms with Crippen molar-refractivity contribution < 1.29 is 14.0 Å². The quantitative estimate of drug-likeness (QED) is 0.688. The Balaban J connectivity index is 1.84. The van der Waals surface area contributed by atoms with Crippen LogP contribution in [0.3, 0.4) is 0 Å². The first-order valence-corrected chi connectivity index (χ1v) is 8.31. The second-order valence-corrected chi connectivity index (χ2v) is 5.99. The Morgan fingerprint density at radius 2 is 1.38 bits per heavy atom. The van der Waals surface area contributed by atoms with Crippen LogP contribution in [0.15, 0.2) is 78.9 Å². The van der Waals surface area contributed by atoms with E-state index >= 15 is 0 Å². The highest BCUT2D eigenvalue weighted by molar-refractivity contribution is 6.15. The van der Waals surface area contributed by atoms with Gasteiger partial charge in [0.05, 0.1) is 11.6 Å². The molecule has 3 rings (SSSR count). The highest BCUT2D eigenvalue weighted by atomic mass is 19.1. The van der Waals surface area contributed by atoms with Gasteiger partial charge in [0.1, 0.15) is 5.82 Å². The first-order valence-electron chi connectivity index (χ1n) is 8.31. The summed E-state index contributed by atoms with van der Waals surface area (Å²) >= 11 is 0. The van der Waals surface area contributed by atoms with Gasteiger partial charge < -0.3 is 5.32 Å². The summed E-state index contributed by atoms with van der Waals surface area (Å²) in [4.78, 5) is 25.5. The van der Waals surface area contributed by atoms with Crippen molar-refractivity contribution in [3.05, 3.63) is 107 Å². The summed E-state index contributed by atoms with van der Waals surface area (Å²) in [5.41, 5.74) is 1.98. The van der Waals surface area contributed by atoms with E-state index in [-0.39, 0.29) is 23.5 Å². The minimum Gasteiger partial charge on any atom is -0.345 e. The number of benzene rings is 3. The van der Waals surface area contributed by atoms with Crippen LogP contribution < -0.4 is 5.32 Å². The largest absolute Gasteiger partial charge is 0.345 e. The van der Waals surface area contributed by atoms with Gasteiger partial charge in [-0.3, -0.25) is 9.59 Å². The maximum atomic E-state index is 13.1. The molecule has 1 atom stereocenters. The first kappa shape index (κ1) is 17.5. The van der Waals surface area contributed by atoms with Gasteiger partial charge in [-0.15, -0.1) is 0 Å². The van der Waals surface area contributed by atoms with Gasteiger partial charge >= 0.3 is 0 Å². The van der Waals surface area contributed by atoms with Gasteiger partial charge in [-0.05, 0) is 30.7 Å². The number of carbonyl (C=O) groups is 2. The molecule has 0 spiro atoms. The van der Waals surface area contributed by atoms with Crippen molar-refractivity contribution in [3.63, 3.8) is 0 Å². The molecular weight excluding hydrogens is 329 g/mol. The summed E-state index contributed by atoms with van der Waals surface area (Å²) in [6.45, 7) is 1.81. The first-order chi connectivity index (χ1) is 12.6. The van der Waals surface area contributed by atoms with Crippen LogP contribution in [0.1, 0.15) is 44.8 Å². The maximum absolute atomic E-state index is 13.1. The summed E-state index contributed by atoms with van der Waals surface area (Å²) in [5, 5.41) is 2.87. The number of hydrogen-bond donors (Lipinski definition) is 1. The van der Waals surface area contributed by atoms with Crippen molar-refractivity contribution in [3.8, 4) is 0 Å². The molecule has 0 aliphatic rings. The number of hydrogen-bond acceptors (Lipinski definition) is 2. The fraction of sp³-hybridized carbons (Fsp3) is 0.0909. The minimum atomic E-state index is -0.346. The molecule has 3 nitrogen and oxygen atoms in total. The van der Waals surface area contributed by atoms with Gasteiger partial charge in [0.2, 0.25) is 0 Å². The Kier molecular flexibility index (Phi) is 5.23. The Bertz CT molecular complexity index is 920. The molecule has 0 bridgehead atoms. The second-order valence-electron chi connectivity index (χ2n) is 5.99.